The molecule has 0 radical (unpaired) electrons. The summed E-state index contributed by atoms with van der Waals surface area (Å²) >= 11 is 1.19. The van der Waals surface area contributed by atoms with Gasteiger partial charge >= 0.3 is 6.03 Å². The molecule has 24 heavy (non-hydrogen) atoms. The third-order valence-electron chi connectivity index (χ3n) is 3.05. The Kier molecular flexibility index (Phi) is 6.12. The van der Waals surface area contributed by atoms with Gasteiger partial charge in [-0.15, -0.1) is 0 Å². The van der Waals surface area contributed by atoms with E-state index in [1.165, 1.54) is 22.4 Å². The maximum Gasteiger partial charge on any atom is 0.323 e. The molecule has 0 saturated heterocycles. The van der Waals surface area contributed by atoms with E-state index in [0.29, 0.717) is 28.1 Å². The van der Waals surface area contributed by atoms with E-state index in [9.17, 15) is 9.90 Å². The first-order valence-electron chi connectivity index (χ1n) is 7.39. The van der Waals surface area contributed by atoms with Gasteiger partial charge in [-0.1, -0.05) is 11.3 Å². The minimum absolute atomic E-state index is 0.252. The average Bonchev–Trinajstić information content (AvgIpc) is 3.00. The summed E-state index contributed by atoms with van der Waals surface area (Å²) in [4.78, 5) is 17.7. The molecule has 0 saturated carbocycles. The van der Waals surface area contributed by atoms with E-state index in [4.69, 9.17) is 10.00 Å². The van der Waals surface area contributed by atoms with Gasteiger partial charge < -0.3 is 14.7 Å². The molecule has 0 aliphatic heterocycles. The molecule has 0 spiro atoms. The zero-order valence-electron chi connectivity index (χ0n) is 13.4. The standard InChI is InChI=1S/C16H18N4O3S/c1-3-20(10-11(2)21)16(22)19-15-18-9-14(24-15)23-13-6-4-12(8-17)5-7-13/h4-7,9,11,21H,3,10H2,1-2H3,(H,18,19,22)/t11-/m1/s1. The van der Waals surface area contributed by atoms with Crippen molar-refractivity contribution < 1.29 is 14.6 Å². The lowest BCUT2D eigenvalue weighted by Crippen LogP contribution is -2.39. The van der Waals surface area contributed by atoms with Gasteiger partial charge in [-0.05, 0) is 38.1 Å². The molecule has 0 fully saturated rings. The summed E-state index contributed by atoms with van der Waals surface area (Å²) in [7, 11) is 0. The molecule has 7 nitrogen and oxygen atoms in total. The van der Waals surface area contributed by atoms with Gasteiger partial charge in [0.1, 0.15) is 5.75 Å². The Morgan fingerprint density at radius 2 is 2.21 bits per heavy atom. The van der Waals surface area contributed by atoms with E-state index in [0.717, 1.165) is 0 Å². The molecule has 0 aliphatic rings. The number of nitrogens with zero attached hydrogens (tertiary/aromatic N) is 3. The van der Waals surface area contributed by atoms with E-state index in [-0.39, 0.29) is 12.6 Å². The number of nitriles is 1. The van der Waals surface area contributed by atoms with Crippen LogP contribution in [0.4, 0.5) is 9.93 Å². The third kappa shape index (κ3) is 4.94. The average molecular weight is 346 g/mol. The molecule has 126 valence electrons. The molecule has 0 aliphatic carbocycles. The number of anilines is 1. The number of hydrogen-bond acceptors (Lipinski definition) is 6. The number of aliphatic hydroxyl groups is 1. The highest BCUT2D eigenvalue weighted by Crippen LogP contribution is 2.30. The fourth-order valence-electron chi connectivity index (χ4n) is 1.92. The number of thiazole rings is 1. The number of rotatable bonds is 6. The van der Waals surface area contributed by atoms with Crippen molar-refractivity contribution in [2.75, 3.05) is 18.4 Å². The van der Waals surface area contributed by atoms with Gasteiger partial charge in [-0.2, -0.15) is 5.26 Å². The summed E-state index contributed by atoms with van der Waals surface area (Å²) < 4.78 is 5.63. The number of amides is 2. The van der Waals surface area contributed by atoms with Crippen molar-refractivity contribution in [1.82, 2.24) is 9.88 Å². The lowest BCUT2D eigenvalue weighted by molar-refractivity contribution is 0.141. The van der Waals surface area contributed by atoms with Crippen molar-refractivity contribution >= 4 is 22.5 Å². The molecule has 1 aromatic heterocycles. The van der Waals surface area contributed by atoms with Crippen LogP contribution in [0.5, 0.6) is 10.8 Å². The molecule has 2 amide bonds. The van der Waals surface area contributed by atoms with E-state index in [2.05, 4.69) is 10.3 Å². The molecule has 0 bridgehead atoms. The lowest BCUT2D eigenvalue weighted by atomic mass is 10.2. The highest BCUT2D eigenvalue weighted by Gasteiger charge is 2.15. The first-order valence-corrected chi connectivity index (χ1v) is 8.21. The molecule has 2 rings (SSSR count). The van der Waals surface area contributed by atoms with Gasteiger partial charge in [0.15, 0.2) is 5.13 Å². The molecule has 8 heteroatoms. The minimum atomic E-state index is -0.595. The van der Waals surface area contributed by atoms with Gasteiger partial charge in [0.05, 0.1) is 23.9 Å². The van der Waals surface area contributed by atoms with Crippen LogP contribution in [-0.2, 0) is 0 Å². The first-order chi connectivity index (χ1) is 11.5. The summed E-state index contributed by atoms with van der Waals surface area (Å²) in [6.07, 6.45) is 0.922. The summed E-state index contributed by atoms with van der Waals surface area (Å²) in [5, 5.41) is 21.8. The Morgan fingerprint density at radius 1 is 1.50 bits per heavy atom. The summed E-state index contributed by atoms with van der Waals surface area (Å²) in [5.74, 6) is 0.583. The van der Waals surface area contributed by atoms with Crippen LogP contribution in [0.3, 0.4) is 0 Å². The number of benzene rings is 1. The summed E-state index contributed by atoms with van der Waals surface area (Å²) in [5.41, 5.74) is 0.553. The fourth-order valence-corrected chi connectivity index (χ4v) is 2.60. The van der Waals surface area contributed by atoms with Crippen LogP contribution >= 0.6 is 11.3 Å². The van der Waals surface area contributed by atoms with E-state index in [1.54, 1.807) is 31.2 Å². The second-order valence-electron chi connectivity index (χ2n) is 5.04. The number of urea groups is 1. The largest absolute Gasteiger partial charge is 0.445 e. The van der Waals surface area contributed by atoms with Gasteiger partial charge in [-0.25, -0.2) is 9.78 Å². The number of aromatic nitrogens is 1. The van der Waals surface area contributed by atoms with Crippen LogP contribution in [0.15, 0.2) is 30.5 Å². The van der Waals surface area contributed by atoms with Crippen molar-refractivity contribution in [3.63, 3.8) is 0 Å². The Labute approximate surface area is 144 Å². The number of aliphatic hydroxyl groups excluding tert-OH is 1. The summed E-state index contributed by atoms with van der Waals surface area (Å²) in [6.45, 7) is 4.20. The highest BCUT2D eigenvalue weighted by atomic mass is 32.1. The Balaban J connectivity index is 1.97. The zero-order chi connectivity index (χ0) is 17.5. The second kappa shape index (κ2) is 8.29. The number of nitrogens with one attached hydrogen (secondary N) is 1. The normalized spacial score (nSPS) is 11.4. The van der Waals surface area contributed by atoms with Gasteiger partial charge in [0.25, 0.3) is 0 Å². The minimum Gasteiger partial charge on any atom is -0.445 e. The number of ether oxygens (including phenoxy) is 1. The summed E-state index contributed by atoms with van der Waals surface area (Å²) in [6, 6.07) is 8.42. The van der Waals surface area contributed by atoms with E-state index >= 15 is 0 Å². The zero-order valence-corrected chi connectivity index (χ0v) is 14.2. The van der Waals surface area contributed by atoms with Crippen molar-refractivity contribution in [1.29, 1.82) is 5.26 Å². The Bertz CT molecular complexity index is 722. The van der Waals surface area contributed by atoms with Crippen molar-refractivity contribution in [3.05, 3.63) is 36.0 Å². The first kappa shape index (κ1) is 17.7. The monoisotopic (exact) mass is 346 g/mol. The Hall–Kier alpha value is -2.63. The molecule has 1 atom stereocenters. The third-order valence-corrected chi connectivity index (χ3v) is 3.84. The van der Waals surface area contributed by atoms with Gasteiger partial charge in [0.2, 0.25) is 5.06 Å². The van der Waals surface area contributed by atoms with Crippen LogP contribution in [0.1, 0.15) is 19.4 Å². The molecular formula is C16H18N4O3S. The Morgan fingerprint density at radius 3 is 2.79 bits per heavy atom. The number of hydrogen-bond donors (Lipinski definition) is 2. The fraction of sp³-hybridized carbons (Fsp3) is 0.312. The van der Waals surface area contributed by atoms with Crippen molar-refractivity contribution in [3.8, 4) is 16.9 Å². The predicted octanol–water partition coefficient (Wildman–Crippen LogP) is 3.04. The van der Waals surface area contributed by atoms with Crippen molar-refractivity contribution in [2.45, 2.75) is 20.0 Å². The van der Waals surface area contributed by atoms with Crippen LogP contribution in [-0.4, -0.2) is 40.2 Å². The predicted molar refractivity (Wildman–Crippen MR) is 91.3 cm³/mol. The van der Waals surface area contributed by atoms with Gasteiger partial charge in [-0.3, -0.25) is 5.32 Å². The topological polar surface area (TPSA) is 98.5 Å². The molecule has 1 heterocycles. The van der Waals surface area contributed by atoms with E-state index in [1.807, 2.05) is 13.0 Å². The molecular weight excluding hydrogens is 328 g/mol. The maximum atomic E-state index is 12.1. The number of likely N-dealkylation sites (N-methyl/N-ethyl adjacent to an activating group) is 1. The molecule has 2 N–H and O–H groups in total. The smallest absolute Gasteiger partial charge is 0.323 e. The molecule has 0 unspecified atom stereocenters. The molecule has 1 aromatic carbocycles. The highest BCUT2D eigenvalue weighted by molar-refractivity contribution is 7.17. The van der Waals surface area contributed by atoms with Crippen LogP contribution in [0.2, 0.25) is 0 Å². The van der Waals surface area contributed by atoms with Crippen LogP contribution in [0, 0.1) is 11.3 Å². The van der Waals surface area contributed by atoms with Gasteiger partial charge in [0, 0.05) is 13.1 Å². The SMILES string of the molecule is CCN(C[C@@H](C)O)C(=O)Nc1ncc(Oc2ccc(C#N)cc2)s1. The second-order valence-corrected chi connectivity index (χ2v) is 6.03. The van der Waals surface area contributed by atoms with E-state index < -0.39 is 6.10 Å². The number of carbonyl (C=O) groups is 1. The quantitative estimate of drug-likeness (QED) is 0.837. The molecule has 2 aromatic rings. The van der Waals surface area contributed by atoms with Crippen LogP contribution < -0.4 is 10.1 Å². The van der Waals surface area contributed by atoms with Crippen molar-refractivity contribution in [2.24, 2.45) is 0 Å². The lowest BCUT2D eigenvalue weighted by Gasteiger charge is -2.21. The maximum absolute atomic E-state index is 12.1. The van der Waals surface area contributed by atoms with Crippen LogP contribution in [0.25, 0.3) is 0 Å². The number of carbonyl (C=O) groups excluding carboxylic acids is 1.